The van der Waals surface area contributed by atoms with Gasteiger partial charge in [-0.2, -0.15) is 4.98 Å². The summed E-state index contributed by atoms with van der Waals surface area (Å²) in [4.78, 5) is 4.39. The van der Waals surface area contributed by atoms with E-state index >= 15 is 0 Å². The van der Waals surface area contributed by atoms with Crippen LogP contribution in [0.15, 0.2) is 10.7 Å². The van der Waals surface area contributed by atoms with Crippen molar-refractivity contribution < 1.29 is 4.52 Å². The molecule has 7 nitrogen and oxygen atoms in total. The highest BCUT2D eigenvalue weighted by molar-refractivity contribution is 5.43. The van der Waals surface area contributed by atoms with E-state index < -0.39 is 0 Å². The van der Waals surface area contributed by atoms with Crippen LogP contribution in [0.2, 0.25) is 0 Å². The standard InChI is InChI=1S/C11H16N6O/c1-11(2)5-7(11)9-13-10(18-15-9)8-6-17(4-3-12)16-14-8/h6-7H,3-5,12H2,1-2H3. The van der Waals surface area contributed by atoms with Crippen LogP contribution in [-0.2, 0) is 6.54 Å². The van der Waals surface area contributed by atoms with E-state index in [4.69, 9.17) is 10.3 Å². The highest BCUT2D eigenvalue weighted by Crippen LogP contribution is 2.57. The maximum Gasteiger partial charge on any atom is 0.280 e. The fourth-order valence-corrected chi connectivity index (χ4v) is 2.03. The summed E-state index contributed by atoms with van der Waals surface area (Å²) in [5, 5.41) is 12.0. The van der Waals surface area contributed by atoms with E-state index in [0.29, 0.717) is 30.6 Å². The van der Waals surface area contributed by atoms with Crippen molar-refractivity contribution in [3.8, 4) is 11.6 Å². The van der Waals surface area contributed by atoms with Crippen LogP contribution in [0, 0.1) is 5.41 Å². The van der Waals surface area contributed by atoms with Gasteiger partial charge < -0.3 is 10.3 Å². The van der Waals surface area contributed by atoms with Gasteiger partial charge in [0.15, 0.2) is 11.5 Å². The third-order valence-electron chi connectivity index (χ3n) is 3.38. The van der Waals surface area contributed by atoms with Crippen LogP contribution in [0.4, 0.5) is 0 Å². The van der Waals surface area contributed by atoms with E-state index in [-0.39, 0.29) is 5.41 Å². The number of nitrogens with zero attached hydrogens (tertiary/aromatic N) is 5. The minimum absolute atomic E-state index is 0.290. The van der Waals surface area contributed by atoms with E-state index in [0.717, 1.165) is 12.2 Å². The molecule has 18 heavy (non-hydrogen) atoms. The Hall–Kier alpha value is -1.76. The molecule has 0 aromatic carbocycles. The summed E-state index contributed by atoms with van der Waals surface area (Å²) in [5.41, 5.74) is 6.34. The van der Waals surface area contributed by atoms with E-state index in [1.165, 1.54) is 0 Å². The van der Waals surface area contributed by atoms with Crippen LogP contribution >= 0.6 is 0 Å². The predicted molar refractivity (Wildman–Crippen MR) is 63.5 cm³/mol. The molecule has 2 aromatic rings. The molecule has 2 N–H and O–H groups in total. The van der Waals surface area contributed by atoms with Crippen LogP contribution in [0.25, 0.3) is 11.6 Å². The lowest BCUT2D eigenvalue weighted by molar-refractivity contribution is 0.418. The topological polar surface area (TPSA) is 95.7 Å². The summed E-state index contributed by atoms with van der Waals surface area (Å²) in [6.07, 6.45) is 2.87. The first-order chi connectivity index (χ1) is 8.60. The SMILES string of the molecule is CC1(C)CC1c1noc(-c2cn(CCN)nn2)n1. The maximum absolute atomic E-state index is 5.45. The van der Waals surface area contributed by atoms with Crippen LogP contribution in [0.3, 0.4) is 0 Å². The predicted octanol–water partition coefficient (Wildman–Crippen LogP) is 0.800. The number of hydrogen-bond acceptors (Lipinski definition) is 6. The Kier molecular flexibility index (Phi) is 2.44. The van der Waals surface area contributed by atoms with Gasteiger partial charge in [0, 0.05) is 12.5 Å². The smallest absolute Gasteiger partial charge is 0.280 e. The van der Waals surface area contributed by atoms with Gasteiger partial charge in [0.1, 0.15) is 0 Å². The van der Waals surface area contributed by atoms with Gasteiger partial charge >= 0.3 is 0 Å². The molecule has 0 aliphatic heterocycles. The molecule has 1 aliphatic carbocycles. The summed E-state index contributed by atoms with van der Waals surface area (Å²) in [7, 11) is 0. The number of aromatic nitrogens is 5. The summed E-state index contributed by atoms with van der Waals surface area (Å²) < 4.78 is 6.90. The maximum atomic E-state index is 5.45. The second-order valence-corrected chi connectivity index (χ2v) is 5.36. The number of nitrogens with two attached hydrogens (primary N) is 1. The van der Waals surface area contributed by atoms with Gasteiger partial charge in [-0.25, -0.2) is 0 Å². The molecule has 1 saturated carbocycles. The molecule has 1 atom stereocenters. The zero-order valence-corrected chi connectivity index (χ0v) is 10.5. The fraction of sp³-hybridized carbons (Fsp3) is 0.636. The zero-order chi connectivity index (χ0) is 12.8. The first kappa shape index (κ1) is 11.3. The van der Waals surface area contributed by atoms with E-state index in [9.17, 15) is 0 Å². The minimum atomic E-state index is 0.290. The Morgan fingerprint density at radius 1 is 1.56 bits per heavy atom. The van der Waals surface area contributed by atoms with Crippen molar-refractivity contribution in [2.45, 2.75) is 32.7 Å². The van der Waals surface area contributed by atoms with Crippen molar-refractivity contribution in [3.05, 3.63) is 12.0 Å². The molecule has 0 saturated heterocycles. The Balaban J connectivity index is 1.80. The highest BCUT2D eigenvalue weighted by atomic mass is 16.5. The molecular weight excluding hydrogens is 232 g/mol. The third kappa shape index (κ3) is 1.90. The molecule has 1 unspecified atom stereocenters. The Morgan fingerprint density at radius 3 is 3.00 bits per heavy atom. The van der Waals surface area contributed by atoms with Gasteiger partial charge in [0.2, 0.25) is 0 Å². The molecule has 3 rings (SSSR count). The van der Waals surface area contributed by atoms with E-state index in [1.807, 2.05) is 0 Å². The summed E-state index contributed by atoms with van der Waals surface area (Å²) in [6, 6.07) is 0. The van der Waals surface area contributed by atoms with Crippen LogP contribution < -0.4 is 5.73 Å². The van der Waals surface area contributed by atoms with Crippen molar-refractivity contribution >= 4 is 0 Å². The zero-order valence-electron chi connectivity index (χ0n) is 10.5. The lowest BCUT2D eigenvalue weighted by atomic mass is 10.1. The van der Waals surface area contributed by atoms with Gasteiger partial charge in [-0.3, -0.25) is 4.68 Å². The average molecular weight is 248 g/mol. The van der Waals surface area contributed by atoms with Crippen molar-refractivity contribution in [2.24, 2.45) is 11.1 Å². The number of rotatable bonds is 4. The quantitative estimate of drug-likeness (QED) is 0.859. The molecule has 1 fully saturated rings. The molecule has 96 valence electrons. The van der Waals surface area contributed by atoms with Gasteiger partial charge in [-0.05, 0) is 11.8 Å². The first-order valence-corrected chi connectivity index (χ1v) is 6.04. The van der Waals surface area contributed by atoms with Gasteiger partial charge in [-0.15, -0.1) is 5.10 Å². The molecule has 0 radical (unpaired) electrons. The molecule has 2 aromatic heterocycles. The van der Waals surface area contributed by atoms with Crippen molar-refractivity contribution in [1.82, 2.24) is 25.1 Å². The molecule has 2 heterocycles. The third-order valence-corrected chi connectivity index (χ3v) is 3.38. The average Bonchev–Trinajstić information content (AvgIpc) is 2.79. The summed E-state index contributed by atoms with van der Waals surface area (Å²) >= 11 is 0. The van der Waals surface area contributed by atoms with Crippen LogP contribution in [0.5, 0.6) is 0 Å². The van der Waals surface area contributed by atoms with Gasteiger partial charge in [0.25, 0.3) is 5.89 Å². The largest absolute Gasteiger partial charge is 0.332 e. The van der Waals surface area contributed by atoms with Gasteiger partial charge in [-0.1, -0.05) is 24.2 Å². The normalized spacial score (nSPS) is 21.2. The Bertz CT molecular complexity index is 557. The Morgan fingerprint density at radius 2 is 2.33 bits per heavy atom. The van der Waals surface area contributed by atoms with E-state index in [1.54, 1.807) is 10.9 Å². The van der Waals surface area contributed by atoms with Crippen molar-refractivity contribution in [1.29, 1.82) is 0 Å². The minimum Gasteiger partial charge on any atom is -0.332 e. The highest BCUT2D eigenvalue weighted by Gasteiger charge is 2.49. The van der Waals surface area contributed by atoms with Crippen LogP contribution in [0.1, 0.15) is 32.0 Å². The molecule has 0 bridgehead atoms. The second-order valence-electron chi connectivity index (χ2n) is 5.36. The fourth-order valence-electron chi connectivity index (χ4n) is 2.03. The molecule has 7 heteroatoms. The van der Waals surface area contributed by atoms with Crippen LogP contribution in [-0.4, -0.2) is 31.7 Å². The summed E-state index contributed by atoms with van der Waals surface area (Å²) in [6.45, 7) is 5.55. The molecule has 1 aliphatic rings. The second kappa shape index (κ2) is 3.88. The van der Waals surface area contributed by atoms with Crippen molar-refractivity contribution in [2.75, 3.05) is 6.54 Å². The van der Waals surface area contributed by atoms with Gasteiger partial charge in [0.05, 0.1) is 12.7 Å². The molecule has 0 spiro atoms. The van der Waals surface area contributed by atoms with E-state index in [2.05, 4.69) is 34.3 Å². The van der Waals surface area contributed by atoms with Crippen molar-refractivity contribution in [3.63, 3.8) is 0 Å². The summed E-state index contributed by atoms with van der Waals surface area (Å²) in [5.74, 6) is 1.59. The number of hydrogen-bond donors (Lipinski definition) is 1. The lowest BCUT2D eigenvalue weighted by Gasteiger charge is -1.95. The first-order valence-electron chi connectivity index (χ1n) is 6.04. The lowest BCUT2D eigenvalue weighted by Crippen LogP contribution is -2.10. The molecule has 0 amide bonds. The Labute approximate surface area is 104 Å². The monoisotopic (exact) mass is 248 g/mol. The molecular formula is C11H16N6O.